The fourth-order valence-corrected chi connectivity index (χ4v) is 1.73. The van der Waals surface area contributed by atoms with E-state index in [9.17, 15) is 4.79 Å². The van der Waals surface area contributed by atoms with E-state index < -0.39 is 0 Å². The smallest absolute Gasteiger partial charge is 0.142 e. The fourth-order valence-electron chi connectivity index (χ4n) is 1.73. The molecule has 0 aromatic rings. The minimum absolute atomic E-state index is 0.852. The molecule has 16 heavy (non-hydrogen) atoms. The molecule has 92 valence electrons. The second-order valence-corrected chi connectivity index (χ2v) is 4.19. The van der Waals surface area contributed by atoms with Gasteiger partial charge in [-0.15, -0.1) is 0 Å². The molecule has 0 radical (unpaired) electrons. The van der Waals surface area contributed by atoms with E-state index in [0.29, 0.717) is 0 Å². The summed E-state index contributed by atoms with van der Waals surface area (Å²) in [7, 11) is 0. The van der Waals surface area contributed by atoms with Crippen LogP contribution in [0.5, 0.6) is 0 Å². The minimum atomic E-state index is 0.852. The maximum absolute atomic E-state index is 10.00. The van der Waals surface area contributed by atoms with Crippen molar-refractivity contribution in [3.8, 4) is 0 Å². The number of carbonyl (C=O) groups is 1. The van der Waals surface area contributed by atoms with Gasteiger partial charge < -0.3 is 0 Å². The topological polar surface area (TPSA) is 17.1 Å². The normalized spacial score (nSPS) is 11.6. The Labute approximate surface area is 101 Å². The number of hydrogen-bond donors (Lipinski definition) is 0. The van der Waals surface area contributed by atoms with Crippen molar-refractivity contribution in [2.24, 2.45) is 0 Å². The van der Waals surface area contributed by atoms with E-state index in [1.807, 2.05) is 6.08 Å². The maximum atomic E-state index is 10.00. The zero-order valence-electron chi connectivity index (χ0n) is 10.7. The highest BCUT2D eigenvalue weighted by Crippen LogP contribution is 2.10. The van der Waals surface area contributed by atoms with Gasteiger partial charge >= 0.3 is 0 Å². The third-order valence-corrected chi connectivity index (χ3v) is 2.69. The lowest BCUT2D eigenvalue weighted by atomic mass is 10.1. The van der Waals surface area contributed by atoms with Gasteiger partial charge in [-0.1, -0.05) is 50.3 Å². The maximum Gasteiger partial charge on any atom is 0.142 e. The van der Waals surface area contributed by atoms with E-state index in [1.54, 1.807) is 6.08 Å². The lowest BCUT2D eigenvalue weighted by Gasteiger charge is -1.99. The molecule has 0 aliphatic heterocycles. The molecule has 0 atom stereocenters. The monoisotopic (exact) mass is 222 g/mol. The van der Waals surface area contributed by atoms with Gasteiger partial charge in [0.15, 0.2) is 0 Å². The molecule has 0 N–H and O–H groups in total. The van der Waals surface area contributed by atoms with Crippen molar-refractivity contribution in [2.45, 2.75) is 64.7 Å². The van der Waals surface area contributed by atoms with Crippen LogP contribution in [0.3, 0.4) is 0 Å². The Morgan fingerprint density at radius 1 is 0.750 bits per heavy atom. The molecule has 0 aliphatic carbocycles. The predicted molar refractivity (Wildman–Crippen MR) is 71.6 cm³/mol. The van der Waals surface area contributed by atoms with E-state index in [0.717, 1.165) is 12.7 Å². The van der Waals surface area contributed by atoms with Gasteiger partial charge in [-0.25, -0.2) is 0 Å². The molecule has 0 bridgehead atoms. The Bertz CT molecular complexity index is 192. The first-order chi connectivity index (χ1) is 7.91. The van der Waals surface area contributed by atoms with Gasteiger partial charge in [0.05, 0.1) is 0 Å². The van der Waals surface area contributed by atoms with Gasteiger partial charge in [-0.3, -0.25) is 4.79 Å². The summed E-state index contributed by atoms with van der Waals surface area (Å²) in [5.74, 6) is 0. The number of rotatable bonds is 11. The van der Waals surface area contributed by atoms with Crippen LogP contribution in [-0.4, -0.2) is 6.29 Å². The van der Waals surface area contributed by atoms with Crippen molar-refractivity contribution >= 4 is 6.29 Å². The number of unbranched alkanes of at least 4 members (excludes halogenated alkanes) is 8. The summed E-state index contributed by atoms with van der Waals surface area (Å²) in [6.45, 7) is 2.08. The van der Waals surface area contributed by atoms with E-state index >= 15 is 0 Å². The second kappa shape index (κ2) is 14.2. The fraction of sp³-hybridized carbons (Fsp3) is 0.667. The quantitative estimate of drug-likeness (QED) is 0.212. The third kappa shape index (κ3) is 13.2. The SMILES string of the molecule is C/C=C/CCCCCCCCC/C=C/C=O. The molecule has 1 heteroatoms. The molecule has 0 aliphatic rings. The largest absolute Gasteiger partial charge is 0.299 e. The van der Waals surface area contributed by atoms with Crippen LogP contribution in [-0.2, 0) is 4.79 Å². The lowest BCUT2D eigenvalue weighted by Crippen LogP contribution is -1.80. The van der Waals surface area contributed by atoms with Gasteiger partial charge in [0, 0.05) is 0 Å². The van der Waals surface area contributed by atoms with Crippen molar-refractivity contribution < 1.29 is 4.79 Å². The summed E-state index contributed by atoms with van der Waals surface area (Å²) in [4.78, 5) is 10.00. The highest BCUT2D eigenvalue weighted by atomic mass is 16.1. The summed E-state index contributed by atoms with van der Waals surface area (Å²) in [6.07, 6.45) is 20.4. The van der Waals surface area contributed by atoms with Crippen LogP contribution >= 0.6 is 0 Å². The van der Waals surface area contributed by atoms with E-state index in [2.05, 4.69) is 19.1 Å². The van der Waals surface area contributed by atoms with Gasteiger partial charge in [0.25, 0.3) is 0 Å². The number of carbonyl (C=O) groups excluding carboxylic acids is 1. The molecule has 0 rings (SSSR count). The molecule has 0 fully saturated rings. The van der Waals surface area contributed by atoms with Gasteiger partial charge in [-0.2, -0.15) is 0 Å². The van der Waals surface area contributed by atoms with Crippen molar-refractivity contribution in [3.63, 3.8) is 0 Å². The summed E-state index contributed by atoms with van der Waals surface area (Å²) in [5.41, 5.74) is 0. The summed E-state index contributed by atoms with van der Waals surface area (Å²) >= 11 is 0. The first-order valence-electron chi connectivity index (χ1n) is 6.63. The molecular formula is C15H26O. The number of aldehydes is 1. The van der Waals surface area contributed by atoms with Crippen LogP contribution in [0.4, 0.5) is 0 Å². The van der Waals surface area contributed by atoms with Crippen molar-refractivity contribution in [3.05, 3.63) is 24.3 Å². The average Bonchev–Trinajstić information content (AvgIpc) is 2.31. The third-order valence-electron chi connectivity index (χ3n) is 2.69. The first-order valence-corrected chi connectivity index (χ1v) is 6.63. The molecule has 1 nitrogen and oxygen atoms in total. The van der Waals surface area contributed by atoms with Crippen LogP contribution in [0.25, 0.3) is 0 Å². The molecule has 0 saturated carbocycles. The van der Waals surface area contributed by atoms with Gasteiger partial charge in [0.1, 0.15) is 6.29 Å². The highest BCUT2D eigenvalue weighted by Gasteiger charge is 1.90. The number of hydrogen-bond acceptors (Lipinski definition) is 1. The molecule has 0 aromatic carbocycles. The Balaban J connectivity index is 2.98. The van der Waals surface area contributed by atoms with E-state index in [4.69, 9.17) is 0 Å². The highest BCUT2D eigenvalue weighted by molar-refractivity contribution is 5.64. The molecule has 0 unspecified atom stereocenters. The van der Waals surface area contributed by atoms with Gasteiger partial charge in [-0.05, 0) is 38.7 Å². The van der Waals surface area contributed by atoms with Gasteiger partial charge in [0.2, 0.25) is 0 Å². The van der Waals surface area contributed by atoms with Crippen molar-refractivity contribution in [2.75, 3.05) is 0 Å². The molecule has 0 amide bonds. The Morgan fingerprint density at radius 2 is 1.25 bits per heavy atom. The molecular weight excluding hydrogens is 196 g/mol. The van der Waals surface area contributed by atoms with Crippen LogP contribution in [0, 0.1) is 0 Å². The lowest BCUT2D eigenvalue weighted by molar-refractivity contribution is -0.104. The predicted octanol–water partition coefficient (Wildman–Crippen LogP) is 4.83. The Morgan fingerprint density at radius 3 is 1.75 bits per heavy atom. The minimum Gasteiger partial charge on any atom is -0.299 e. The number of allylic oxidation sites excluding steroid dienone is 4. The van der Waals surface area contributed by atoms with Crippen LogP contribution in [0.15, 0.2) is 24.3 Å². The summed E-state index contributed by atoms with van der Waals surface area (Å²) in [5, 5.41) is 0. The summed E-state index contributed by atoms with van der Waals surface area (Å²) < 4.78 is 0. The van der Waals surface area contributed by atoms with Crippen LogP contribution in [0.1, 0.15) is 64.7 Å². The molecule has 0 aromatic heterocycles. The van der Waals surface area contributed by atoms with Crippen molar-refractivity contribution in [1.29, 1.82) is 0 Å². The molecule has 0 saturated heterocycles. The Kier molecular flexibility index (Phi) is 13.4. The van der Waals surface area contributed by atoms with Crippen LogP contribution < -0.4 is 0 Å². The summed E-state index contributed by atoms with van der Waals surface area (Å²) in [6, 6.07) is 0. The van der Waals surface area contributed by atoms with E-state index in [1.165, 1.54) is 51.4 Å². The average molecular weight is 222 g/mol. The Hall–Kier alpha value is -0.850. The zero-order valence-corrected chi connectivity index (χ0v) is 10.7. The van der Waals surface area contributed by atoms with Crippen molar-refractivity contribution in [1.82, 2.24) is 0 Å². The van der Waals surface area contributed by atoms with E-state index in [-0.39, 0.29) is 0 Å². The first kappa shape index (κ1) is 15.2. The standard InChI is InChI=1S/C15H26O/c1-2-3-4-5-6-7-8-9-10-11-12-13-14-15-16/h2-3,13-15H,4-12H2,1H3/b3-2+,14-13+. The second-order valence-electron chi connectivity index (χ2n) is 4.19. The molecule has 0 spiro atoms. The van der Waals surface area contributed by atoms with Crippen LogP contribution in [0.2, 0.25) is 0 Å². The zero-order chi connectivity index (χ0) is 11.9. The molecule has 0 heterocycles.